The zero-order valence-corrected chi connectivity index (χ0v) is 27.4. The molecule has 2 heterocycles. The Hall–Kier alpha value is -4.38. The van der Waals surface area contributed by atoms with Gasteiger partial charge in [0.05, 0.1) is 11.0 Å². The summed E-state index contributed by atoms with van der Waals surface area (Å²) in [7, 11) is 0. The van der Waals surface area contributed by atoms with Gasteiger partial charge in [0.2, 0.25) is 0 Å². The number of nitrogens with zero attached hydrogens (tertiary/aromatic N) is 2. The van der Waals surface area contributed by atoms with E-state index < -0.39 is 0 Å². The number of hydrogen-bond acceptors (Lipinski definition) is 2. The maximum atomic E-state index is 5.04. The molecule has 44 heavy (non-hydrogen) atoms. The quantitative estimate of drug-likeness (QED) is 0.172. The van der Waals surface area contributed by atoms with E-state index in [0.717, 1.165) is 63.8 Å². The predicted molar refractivity (Wildman–Crippen MR) is 193 cm³/mol. The van der Waals surface area contributed by atoms with Crippen LogP contribution in [0.5, 0.6) is 0 Å². The lowest BCUT2D eigenvalue weighted by atomic mass is 9.86. The third-order valence-corrected chi connectivity index (χ3v) is 9.89. The van der Waals surface area contributed by atoms with Crippen LogP contribution >= 0.6 is 31.9 Å². The van der Waals surface area contributed by atoms with E-state index >= 15 is 0 Å². The van der Waals surface area contributed by atoms with Crippen molar-refractivity contribution in [2.24, 2.45) is 0 Å². The van der Waals surface area contributed by atoms with Crippen LogP contribution in [-0.2, 0) is 0 Å². The summed E-state index contributed by atoms with van der Waals surface area (Å²) in [6.45, 7) is 4.33. The first-order chi connectivity index (χ1) is 21.4. The molecule has 8 rings (SSSR count). The monoisotopic (exact) mass is 692 g/mol. The summed E-state index contributed by atoms with van der Waals surface area (Å²) in [4.78, 5) is 10.1. The Bertz CT molecular complexity index is 2280. The molecular formula is C40H26Br2N2. The van der Waals surface area contributed by atoms with Crippen molar-refractivity contribution < 1.29 is 0 Å². The van der Waals surface area contributed by atoms with Gasteiger partial charge in [-0.15, -0.1) is 0 Å². The summed E-state index contributed by atoms with van der Waals surface area (Å²) >= 11 is 7.41. The third kappa shape index (κ3) is 4.52. The van der Waals surface area contributed by atoms with Crippen LogP contribution in [0.25, 0.3) is 76.7 Å². The van der Waals surface area contributed by atoms with Gasteiger partial charge in [-0.05, 0) is 71.1 Å². The third-order valence-electron chi connectivity index (χ3n) is 8.51. The normalized spacial score (nSPS) is 11.6. The van der Waals surface area contributed by atoms with Crippen LogP contribution < -0.4 is 0 Å². The maximum Gasteiger partial charge on any atom is 0.0781 e. The lowest BCUT2D eigenvalue weighted by Crippen LogP contribution is -1.94. The van der Waals surface area contributed by atoms with E-state index in [-0.39, 0.29) is 0 Å². The number of aromatic nitrogens is 2. The first-order valence-corrected chi connectivity index (χ1v) is 16.2. The van der Waals surface area contributed by atoms with Gasteiger partial charge in [0.1, 0.15) is 0 Å². The van der Waals surface area contributed by atoms with Crippen LogP contribution in [0.1, 0.15) is 11.1 Å². The van der Waals surface area contributed by atoms with Crippen LogP contribution in [0, 0.1) is 13.8 Å². The van der Waals surface area contributed by atoms with Gasteiger partial charge >= 0.3 is 0 Å². The Morgan fingerprint density at radius 1 is 0.455 bits per heavy atom. The Labute approximate surface area is 272 Å². The Balaban J connectivity index is 1.37. The maximum absolute atomic E-state index is 5.04. The van der Waals surface area contributed by atoms with Gasteiger partial charge in [0.25, 0.3) is 0 Å². The van der Waals surface area contributed by atoms with E-state index in [0.29, 0.717) is 0 Å². The number of aryl methyl sites for hydroxylation is 2. The fourth-order valence-corrected chi connectivity index (χ4v) is 7.59. The lowest BCUT2D eigenvalue weighted by Gasteiger charge is -2.18. The zero-order chi connectivity index (χ0) is 29.9. The number of fused-ring (bicyclic) bond motifs is 6. The Kier molecular flexibility index (Phi) is 6.58. The van der Waals surface area contributed by atoms with Crippen LogP contribution in [0.15, 0.2) is 131 Å². The predicted octanol–water partition coefficient (Wildman–Crippen LogP) is 12.2. The number of pyridine rings is 2. The van der Waals surface area contributed by atoms with Gasteiger partial charge in [-0.3, -0.25) is 9.97 Å². The molecule has 0 saturated carbocycles. The van der Waals surface area contributed by atoms with Crippen LogP contribution in [0.2, 0.25) is 0 Å². The average molecular weight is 694 g/mol. The van der Waals surface area contributed by atoms with Crippen molar-refractivity contribution >= 4 is 75.2 Å². The van der Waals surface area contributed by atoms with E-state index in [1.54, 1.807) is 0 Å². The molecule has 0 aliphatic carbocycles. The highest BCUT2D eigenvalue weighted by atomic mass is 79.9. The second-order valence-corrected chi connectivity index (χ2v) is 13.2. The number of benzene rings is 6. The molecule has 0 aliphatic heterocycles. The average Bonchev–Trinajstić information content (AvgIpc) is 3.03. The first kappa shape index (κ1) is 27.2. The molecule has 4 heteroatoms. The summed E-state index contributed by atoms with van der Waals surface area (Å²) in [6.07, 6.45) is 4.05. The fourth-order valence-electron chi connectivity index (χ4n) is 6.60. The molecule has 6 aromatic carbocycles. The lowest BCUT2D eigenvalue weighted by molar-refractivity contribution is 1.37. The molecular weight excluding hydrogens is 668 g/mol. The molecule has 0 amide bonds. The number of halogens is 2. The van der Waals surface area contributed by atoms with Crippen molar-refractivity contribution in [3.05, 3.63) is 142 Å². The van der Waals surface area contributed by atoms with Crippen molar-refractivity contribution in [1.29, 1.82) is 0 Å². The second kappa shape index (κ2) is 10.7. The molecule has 2 nitrogen and oxygen atoms in total. The molecule has 0 spiro atoms. The summed E-state index contributed by atoms with van der Waals surface area (Å²) < 4.78 is 2.16. The van der Waals surface area contributed by atoms with Crippen LogP contribution in [0.3, 0.4) is 0 Å². The molecule has 8 aromatic rings. The molecule has 0 unspecified atom stereocenters. The minimum atomic E-state index is 1.01. The molecule has 0 fully saturated rings. The molecule has 0 N–H and O–H groups in total. The zero-order valence-electron chi connectivity index (χ0n) is 24.2. The van der Waals surface area contributed by atoms with Gasteiger partial charge in [-0.1, -0.05) is 128 Å². The van der Waals surface area contributed by atoms with Crippen molar-refractivity contribution in [2.45, 2.75) is 13.8 Å². The Morgan fingerprint density at radius 2 is 0.932 bits per heavy atom. The summed E-state index contributed by atoms with van der Waals surface area (Å²) in [6, 6.07) is 39.2. The fraction of sp³-hybridized carbons (Fsp3) is 0.0500. The molecule has 0 aliphatic rings. The molecule has 0 atom stereocenters. The first-order valence-electron chi connectivity index (χ1n) is 14.6. The van der Waals surface area contributed by atoms with Gasteiger partial charge in [-0.2, -0.15) is 0 Å². The molecule has 2 aromatic heterocycles. The van der Waals surface area contributed by atoms with E-state index in [1.807, 2.05) is 12.4 Å². The van der Waals surface area contributed by atoms with Gasteiger partial charge in [0.15, 0.2) is 0 Å². The Morgan fingerprint density at radius 3 is 1.43 bits per heavy atom. The minimum absolute atomic E-state index is 1.01. The van der Waals surface area contributed by atoms with Crippen molar-refractivity contribution in [1.82, 2.24) is 9.97 Å². The highest BCUT2D eigenvalue weighted by molar-refractivity contribution is 9.11. The van der Waals surface area contributed by atoms with Crippen molar-refractivity contribution in [2.75, 3.05) is 0 Å². The SMILES string of the molecule is Cc1cc(C)cc(-c2c(-c3cnc4c(ccc5c(Br)cccc54)c3)cccc2-c2cnc3c(ccc4c(Br)cccc43)c2)c1. The van der Waals surface area contributed by atoms with E-state index in [4.69, 9.17) is 9.97 Å². The highest BCUT2D eigenvalue weighted by Gasteiger charge is 2.17. The van der Waals surface area contributed by atoms with Crippen molar-refractivity contribution in [3.63, 3.8) is 0 Å². The second-order valence-electron chi connectivity index (χ2n) is 11.5. The molecule has 0 saturated heterocycles. The minimum Gasteiger partial charge on any atom is -0.255 e. The van der Waals surface area contributed by atoms with E-state index in [2.05, 4.69) is 155 Å². The largest absolute Gasteiger partial charge is 0.255 e. The van der Waals surface area contributed by atoms with Crippen LogP contribution in [-0.4, -0.2) is 9.97 Å². The van der Waals surface area contributed by atoms with Gasteiger partial charge < -0.3 is 0 Å². The van der Waals surface area contributed by atoms with E-state index in [1.165, 1.54) is 33.0 Å². The molecule has 210 valence electrons. The van der Waals surface area contributed by atoms with Gasteiger partial charge in [-0.25, -0.2) is 0 Å². The summed E-state index contributed by atoms with van der Waals surface area (Å²) in [5, 5.41) is 6.87. The van der Waals surface area contributed by atoms with E-state index in [9.17, 15) is 0 Å². The number of rotatable bonds is 3. The molecule has 0 radical (unpaired) electrons. The summed E-state index contributed by atoms with van der Waals surface area (Å²) in [5.74, 6) is 0. The highest BCUT2D eigenvalue weighted by Crippen LogP contribution is 2.42. The summed E-state index contributed by atoms with van der Waals surface area (Å²) in [5.41, 5.74) is 11.4. The topological polar surface area (TPSA) is 25.8 Å². The smallest absolute Gasteiger partial charge is 0.0781 e. The standard InChI is InChI=1S/C40H26Br2N2/c1-23-16-24(2)18-27(17-23)38-30(28-19-25-12-14-32-34(39(25)43-21-28)8-4-10-36(32)41)6-3-7-31(38)29-20-26-13-15-33-35(40(26)44-22-29)9-5-11-37(33)42/h3-22H,1-2H3. The molecule has 0 bridgehead atoms. The number of hydrogen-bond donors (Lipinski definition) is 0. The van der Waals surface area contributed by atoms with Gasteiger partial charge in [0, 0.05) is 54.0 Å². The van der Waals surface area contributed by atoms with Crippen molar-refractivity contribution in [3.8, 4) is 33.4 Å². The van der Waals surface area contributed by atoms with Crippen LogP contribution in [0.4, 0.5) is 0 Å².